The molecule has 0 amide bonds. The predicted molar refractivity (Wildman–Crippen MR) is 76.7 cm³/mol. The summed E-state index contributed by atoms with van der Waals surface area (Å²) >= 11 is 0. The van der Waals surface area contributed by atoms with E-state index in [0.717, 1.165) is 24.0 Å². The number of hydrogen-bond acceptors (Lipinski definition) is 4. The standard InChI is InChI=1S/C16H22O4/c1-4-5-10-19-15(17)8-9-16(18)20-14-7-6-12(2)13(3)11-14/h6-7,11H,4-5,8-10H2,1-3H3. The van der Waals surface area contributed by atoms with E-state index in [4.69, 9.17) is 9.47 Å². The van der Waals surface area contributed by atoms with Crippen molar-refractivity contribution in [2.75, 3.05) is 6.61 Å². The normalized spacial score (nSPS) is 10.2. The molecule has 0 bridgehead atoms. The summed E-state index contributed by atoms with van der Waals surface area (Å²) in [5.41, 5.74) is 2.21. The molecule has 4 heteroatoms. The number of benzene rings is 1. The quantitative estimate of drug-likeness (QED) is 0.436. The molecule has 1 rings (SSSR count). The van der Waals surface area contributed by atoms with Crippen LogP contribution in [0.4, 0.5) is 0 Å². The van der Waals surface area contributed by atoms with Crippen molar-refractivity contribution in [3.8, 4) is 5.75 Å². The fourth-order valence-electron chi connectivity index (χ4n) is 1.57. The predicted octanol–water partition coefficient (Wildman–Crippen LogP) is 3.33. The molecule has 0 radical (unpaired) electrons. The van der Waals surface area contributed by atoms with Crippen LogP contribution in [0.1, 0.15) is 43.7 Å². The van der Waals surface area contributed by atoms with Gasteiger partial charge in [0.25, 0.3) is 0 Å². The van der Waals surface area contributed by atoms with Crippen LogP contribution in [0, 0.1) is 13.8 Å². The van der Waals surface area contributed by atoms with Crippen molar-refractivity contribution in [1.29, 1.82) is 0 Å². The van der Waals surface area contributed by atoms with Gasteiger partial charge in [-0.15, -0.1) is 0 Å². The zero-order valence-corrected chi connectivity index (χ0v) is 12.4. The molecule has 0 spiro atoms. The van der Waals surface area contributed by atoms with Gasteiger partial charge in [0, 0.05) is 0 Å². The second kappa shape index (κ2) is 8.35. The first-order valence-electron chi connectivity index (χ1n) is 6.96. The average molecular weight is 278 g/mol. The molecule has 0 fully saturated rings. The highest BCUT2D eigenvalue weighted by atomic mass is 16.5. The Balaban J connectivity index is 2.32. The molecule has 0 aliphatic heterocycles. The number of unbranched alkanes of at least 4 members (excludes halogenated alkanes) is 1. The highest BCUT2D eigenvalue weighted by molar-refractivity contribution is 5.79. The van der Waals surface area contributed by atoms with E-state index in [0.29, 0.717) is 12.4 Å². The lowest BCUT2D eigenvalue weighted by Crippen LogP contribution is -2.12. The molecular formula is C16H22O4. The van der Waals surface area contributed by atoms with Crippen LogP contribution >= 0.6 is 0 Å². The van der Waals surface area contributed by atoms with Crippen LogP contribution in [-0.2, 0) is 14.3 Å². The van der Waals surface area contributed by atoms with Gasteiger partial charge in [0.05, 0.1) is 19.4 Å². The molecule has 4 nitrogen and oxygen atoms in total. The highest BCUT2D eigenvalue weighted by Gasteiger charge is 2.10. The van der Waals surface area contributed by atoms with Gasteiger partial charge in [0.1, 0.15) is 5.75 Å². The van der Waals surface area contributed by atoms with E-state index < -0.39 is 5.97 Å². The number of esters is 2. The third-order valence-corrected chi connectivity index (χ3v) is 3.00. The molecule has 0 saturated carbocycles. The van der Waals surface area contributed by atoms with Crippen LogP contribution in [0.3, 0.4) is 0 Å². The summed E-state index contributed by atoms with van der Waals surface area (Å²) in [6, 6.07) is 5.46. The van der Waals surface area contributed by atoms with Crippen molar-refractivity contribution >= 4 is 11.9 Å². The molecular weight excluding hydrogens is 256 g/mol. The van der Waals surface area contributed by atoms with Crippen molar-refractivity contribution in [3.05, 3.63) is 29.3 Å². The second-order valence-electron chi connectivity index (χ2n) is 4.79. The Morgan fingerprint density at radius 2 is 1.75 bits per heavy atom. The highest BCUT2D eigenvalue weighted by Crippen LogP contribution is 2.17. The van der Waals surface area contributed by atoms with E-state index in [2.05, 4.69) is 0 Å². The molecule has 0 aliphatic rings. The Bertz CT molecular complexity index is 466. The molecule has 0 heterocycles. The van der Waals surface area contributed by atoms with Crippen molar-refractivity contribution < 1.29 is 19.1 Å². The maximum absolute atomic E-state index is 11.6. The van der Waals surface area contributed by atoms with Gasteiger partial charge in [-0.3, -0.25) is 9.59 Å². The summed E-state index contributed by atoms with van der Waals surface area (Å²) in [6.07, 6.45) is 1.92. The molecule has 0 aliphatic carbocycles. The Hall–Kier alpha value is -1.84. The molecule has 1 aromatic carbocycles. The van der Waals surface area contributed by atoms with Crippen molar-refractivity contribution in [1.82, 2.24) is 0 Å². The summed E-state index contributed by atoms with van der Waals surface area (Å²) in [5.74, 6) is -0.256. The molecule has 110 valence electrons. The van der Waals surface area contributed by atoms with Gasteiger partial charge in [-0.25, -0.2) is 0 Å². The Morgan fingerprint density at radius 1 is 1.05 bits per heavy atom. The van der Waals surface area contributed by atoms with E-state index in [9.17, 15) is 9.59 Å². The molecule has 0 aromatic heterocycles. The molecule has 20 heavy (non-hydrogen) atoms. The molecule has 0 atom stereocenters. The molecule has 1 aromatic rings. The lowest BCUT2D eigenvalue weighted by atomic mass is 10.1. The van der Waals surface area contributed by atoms with Crippen LogP contribution in [0.5, 0.6) is 5.75 Å². The van der Waals surface area contributed by atoms with Crippen molar-refractivity contribution in [3.63, 3.8) is 0 Å². The number of carbonyl (C=O) groups excluding carboxylic acids is 2. The minimum atomic E-state index is -0.416. The van der Waals surface area contributed by atoms with Gasteiger partial charge in [-0.05, 0) is 43.5 Å². The first-order valence-corrected chi connectivity index (χ1v) is 6.96. The first kappa shape index (κ1) is 16.2. The molecule has 0 unspecified atom stereocenters. The second-order valence-corrected chi connectivity index (χ2v) is 4.79. The van der Waals surface area contributed by atoms with E-state index in [-0.39, 0.29) is 18.8 Å². The van der Waals surface area contributed by atoms with E-state index in [1.807, 2.05) is 32.9 Å². The first-order chi connectivity index (χ1) is 9.52. The SMILES string of the molecule is CCCCOC(=O)CCC(=O)Oc1ccc(C)c(C)c1. The average Bonchev–Trinajstić information content (AvgIpc) is 2.41. The van der Waals surface area contributed by atoms with Gasteiger partial charge in [0.15, 0.2) is 0 Å². The number of hydrogen-bond donors (Lipinski definition) is 0. The van der Waals surface area contributed by atoms with E-state index >= 15 is 0 Å². The van der Waals surface area contributed by atoms with Gasteiger partial charge in [-0.2, -0.15) is 0 Å². The summed E-state index contributed by atoms with van der Waals surface area (Å²) < 4.78 is 10.2. The van der Waals surface area contributed by atoms with Gasteiger partial charge in [0.2, 0.25) is 0 Å². The number of rotatable bonds is 7. The van der Waals surface area contributed by atoms with Crippen LogP contribution in [0.2, 0.25) is 0 Å². The Labute approximate surface area is 120 Å². The zero-order chi connectivity index (χ0) is 15.0. The minimum absolute atomic E-state index is 0.0396. The largest absolute Gasteiger partial charge is 0.466 e. The smallest absolute Gasteiger partial charge is 0.311 e. The van der Waals surface area contributed by atoms with Gasteiger partial charge >= 0.3 is 11.9 Å². The van der Waals surface area contributed by atoms with Crippen LogP contribution < -0.4 is 4.74 Å². The van der Waals surface area contributed by atoms with E-state index in [1.165, 1.54) is 0 Å². The summed E-state index contributed by atoms with van der Waals surface area (Å²) in [6.45, 7) is 6.39. The lowest BCUT2D eigenvalue weighted by molar-refractivity contribution is -0.147. The maximum atomic E-state index is 11.6. The minimum Gasteiger partial charge on any atom is -0.466 e. The fourth-order valence-corrected chi connectivity index (χ4v) is 1.57. The van der Waals surface area contributed by atoms with Crippen LogP contribution in [0.15, 0.2) is 18.2 Å². The molecule has 0 saturated heterocycles. The summed E-state index contributed by atoms with van der Waals surface area (Å²) in [4.78, 5) is 23.0. The number of aryl methyl sites for hydroxylation is 2. The lowest BCUT2D eigenvalue weighted by Gasteiger charge is -2.07. The zero-order valence-electron chi connectivity index (χ0n) is 12.4. The van der Waals surface area contributed by atoms with Crippen LogP contribution in [-0.4, -0.2) is 18.5 Å². The molecule has 0 N–H and O–H groups in total. The number of carbonyl (C=O) groups is 2. The maximum Gasteiger partial charge on any atom is 0.311 e. The Morgan fingerprint density at radius 3 is 2.40 bits per heavy atom. The summed E-state index contributed by atoms with van der Waals surface area (Å²) in [5, 5.41) is 0. The van der Waals surface area contributed by atoms with Crippen molar-refractivity contribution in [2.24, 2.45) is 0 Å². The van der Waals surface area contributed by atoms with Gasteiger partial charge in [-0.1, -0.05) is 19.4 Å². The monoisotopic (exact) mass is 278 g/mol. The fraction of sp³-hybridized carbons (Fsp3) is 0.500. The van der Waals surface area contributed by atoms with E-state index in [1.54, 1.807) is 6.07 Å². The third kappa shape index (κ3) is 5.87. The van der Waals surface area contributed by atoms with Gasteiger partial charge < -0.3 is 9.47 Å². The number of ether oxygens (including phenoxy) is 2. The third-order valence-electron chi connectivity index (χ3n) is 3.00. The van der Waals surface area contributed by atoms with Crippen LogP contribution in [0.25, 0.3) is 0 Å². The summed E-state index contributed by atoms with van der Waals surface area (Å²) in [7, 11) is 0. The Kier molecular flexibility index (Phi) is 6.77. The van der Waals surface area contributed by atoms with Crippen molar-refractivity contribution in [2.45, 2.75) is 46.5 Å². The topological polar surface area (TPSA) is 52.6 Å².